The minimum absolute atomic E-state index is 0.0280. The Morgan fingerprint density at radius 1 is 1.17 bits per heavy atom. The molecule has 1 aliphatic rings. The number of hydrogen-bond donors (Lipinski definition) is 1. The van der Waals surface area contributed by atoms with Crippen LogP contribution in [0.1, 0.15) is 5.56 Å². The lowest BCUT2D eigenvalue weighted by Crippen LogP contribution is -2.34. The second kappa shape index (κ2) is 6.04. The van der Waals surface area contributed by atoms with Gasteiger partial charge in [-0.15, -0.1) is 0 Å². The fraction of sp³-hybridized carbons (Fsp3) is 0.235. The van der Waals surface area contributed by atoms with E-state index < -0.39 is 9.84 Å². The van der Waals surface area contributed by atoms with Gasteiger partial charge in [0.25, 0.3) is 0 Å². The number of rotatable bonds is 4. The van der Waals surface area contributed by atoms with Gasteiger partial charge in [-0.1, -0.05) is 24.3 Å². The Kier molecular flexibility index (Phi) is 4.09. The Bertz CT molecular complexity index is 846. The van der Waals surface area contributed by atoms with Gasteiger partial charge in [-0.25, -0.2) is 8.42 Å². The topological polar surface area (TPSA) is 66.5 Å². The summed E-state index contributed by atoms with van der Waals surface area (Å²) < 4.78 is 23.1. The Balaban J connectivity index is 1.69. The van der Waals surface area contributed by atoms with Gasteiger partial charge < -0.3 is 10.2 Å². The van der Waals surface area contributed by atoms with Crippen molar-refractivity contribution in [3.05, 3.63) is 54.1 Å². The van der Waals surface area contributed by atoms with E-state index in [1.807, 2.05) is 24.3 Å². The molecule has 0 radical (unpaired) electrons. The molecule has 1 N–H and O–H groups in total. The highest BCUT2D eigenvalue weighted by atomic mass is 32.2. The molecule has 1 aliphatic heterocycles. The number of fused-ring (bicyclic) bond motifs is 1. The first-order valence-corrected chi connectivity index (χ1v) is 9.26. The predicted octanol–water partition coefficient (Wildman–Crippen LogP) is 2.09. The summed E-state index contributed by atoms with van der Waals surface area (Å²) in [7, 11) is -3.25. The van der Waals surface area contributed by atoms with Crippen LogP contribution in [0.3, 0.4) is 0 Å². The Labute approximate surface area is 135 Å². The summed E-state index contributed by atoms with van der Waals surface area (Å²) in [5.41, 5.74) is 2.76. The average Bonchev–Trinajstić information content (AvgIpc) is 2.96. The maximum absolute atomic E-state index is 12.4. The molecule has 120 valence electrons. The molecule has 5 nitrogen and oxygen atoms in total. The van der Waals surface area contributed by atoms with Crippen molar-refractivity contribution < 1.29 is 13.2 Å². The summed E-state index contributed by atoms with van der Waals surface area (Å²) in [6, 6.07) is 14.4. The number of nitrogens with one attached hydrogen (secondary N) is 1. The van der Waals surface area contributed by atoms with Crippen LogP contribution in [0.2, 0.25) is 0 Å². The van der Waals surface area contributed by atoms with Crippen molar-refractivity contribution in [2.75, 3.05) is 29.6 Å². The fourth-order valence-electron chi connectivity index (χ4n) is 2.71. The molecule has 0 fully saturated rings. The molecule has 0 bridgehead atoms. The molecule has 2 aromatic carbocycles. The number of sulfone groups is 1. The molecule has 0 aliphatic carbocycles. The maximum atomic E-state index is 12.4. The molecule has 0 unspecified atom stereocenters. The molecule has 2 aromatic rings. The third-order valence-electron chi connectivity index (χ3n) is 3.89. The SMILES string of the molecule is CS(=O)(=O)c1cccc(NCC(=O)N2CCc3ccccc32)c1. The van der Waals surface area contributed by atoms with Crippen LogP contribution < -0.4 is 10.2 Å². The third-order valence-corrected chi connectivity index (χ3v) is 5.00. The van der Waals surface area contributed by atoms with Crippen molar-refractivity contribution in [2.24, 2.45) is 0 Å². The van der Waals surface area contributed by atoms with E-state index in [-0.39, 0.29) is 17.3 Å². The molecule has 3 rings (SSSR count). The lowest BCUT2D eigenvalue weighted by molar-refractivity contribution is -0.116. The standard InChI is InChI=1S/C17H18N2O3S/c1-23(21,22)15-7-4-6-14(11-15)18-12-17(20)19-10-9-13-5-2-3-8-16(13)19/h2-8,11,18H,9-10,12H2,1H3. The number of hydrogen-bond acceptors (Lipinski definition) is 4. The first kappa shape index (κ1) is 15.6. The maximum Gasteiger partial charge on any atom is 0.246 e. The Hall–Kier alpha value is -2.34. The van der Waals surface area contributed by atoms with Crippen molar-refractivity contribution in [1.82, 2.24) is 0 Å². The summed E-state index contributed by atoms with van der Waals surface area (Å²) >= 11 is 0. The van der Waals surface area contributed by atoms with Gasteiger partial charge in [0.05, 0.1) is 11.4 Å². The number of anilines is 2. The van der Waals surface area contributed by atoms with Gasteiger partial charge in [-0.2, -0.15) is 0 Å². The van der Waals surface area contributed by atoms with Crippen LogP contribution in [0, 0.1) is 0 Å². The Morgan fingerprint density at radius 2 is 1.96 bits per heavy atom. The highest BCUT2D eigenvalue weighted by Gasteiger charge is 2.23. The highest BCUT2D eigenvalue weighted by Crippen LogP contribution is 2.27. The Morgan fingerprint density at radius 3 is 2.74 bits per heavy atom. The molecule has 0 spiro atoms. The normalized spacial score (nSPS) is 13.7. The van der Waals surface area contributed by atoms with Crippen molar-refractivity contribution >= 4 is 27.1 Å². The van der Waals surface area contributed by atoms with Gasteiger partial charge in [0.1, 0.15) is 0 Å². The summed E-state index contributed by atoms with van der Waals surface area (Å²) in [5, 5.41) is 3.01. The summed E-state index contributed by atoms with van der Waals surface area (Å²) in [6.45, 7) is 0.810. The third kappa shape index (κ3) is 3.37. The van der Waals surface area contributed by atoms with Crippen LogP contribution in [0.5, 0.6) is 0 Å². The molecular formula is C17H18N2O3S. The monoisotopic (exact) mass is 330 g/mol. The molecule has 0 saturated carbocycles. The van der Waals surface area contributed by atoms with Gasteiger partial charge in [0.15, 0.2) is 9.84 Å². The smallest absolute Gasteiger partial charge is 0.246 e. The minimum Gasteiger partial charge on any atom is -0.376 e. The quantitative estimate of drug-likeness (QED) is 0.932. The lowest BCUT2D eigenvalue weighted by Gasteiger charge is -2.18. The van der Waals surface area contributed by atoms with Crippen LogP contribution >= 0.6 is 0 Å². The molecule has 6 heteroatoms. The summed E-state index contributed by atoms with van der Waals surface area (Å²) in [6.07, 6.45) is 2.03. The van der Waals surface area contributed by atoms with Crippen LogP contribution in [0.25, 0.3) is 0 Å². The summed E-state index contributed by atoms with van der Waals surface area (Å²) in [4.78, 5) is 14.4. The minimum atomic E-state index is -3.25. The molecule has 0 aromatic heterocycles. The number of para-hydroxylation sites is 1. The van der Waals surface area contributed by atoms with E-state index in [2.05, 4.69) is 5.32 Å². The van der Waals surface area contributed by atoms with E-state index >= 15 is 0 Å². The van der Waals surface area contributed by atoms with Gasteiger partial charge in [0.2, 0.25) is 5.91 Å². The molecule has 1 heterocycles. The van der Waals surface area contributed by atoms with Crippen molar-refractivity contribution in [3.63, 3.8) is 0 Å². The van der Waals surface area contributed by atoms with Crippen LogP contribution in [0.4, 0.5) is 11.4 Å². The van der Waals surface area contributed by atoms with Gasteiger partial charge in [0, 0.05) is 24.2 Å². The van der Waals surface area contributed by atoms with E-state index in [1.165, 1.54) is 11.8 Å². The van der Waals surface area contributed by atoms with Gasteiger partial charge >= 0.3 is 0 Å². The number of carbonyl (C=O) groups is 1. The van der Waals surface area contributed by atoms with Crippen molar-refractivity contribution in [3.8, 4) is 0 Å². The second-order valence-corrected chi connectivity index (χ2v) is 7.59. The van der Waals surface area contributed by atoms with Crippen molar-refractivity contribution in [2.45, 2.75) is 11.3 Å². The van der Waals surface area contributed by atoms with Gasteiger partial charge in [-0.05, 0) is 36.2 Å². The molecule has 23 heavy (non-hydrogen) atoms. The first-order valence-electron chi connectivity index (χ1n) is 7.37. The first-order chi connectivity index (χ1) is 10.9. The highest BCUT2D eigenvalue weighted by molar-refractivity contribution is 7.90. The second-order valence-electron chi connectivity index (χ2n) is 5.58. The summed E-state index contributed by atoms with van der Waals surface area (Å²) in [5.74, 6) is -0.0280. The predicted molar refractivity (Wildman–Crippen MR) is 90.5 cm³/mol. The molecule has 1 amide bonds. The van der Waals surface area contributed by atoms with Gasteiger partial charge in [-0.3, -0.25) is 4.79 Å². The van der Waals surface area contributed by atoms with E-state index in [0.29, 0.717) is 12.2 Å². The lowest BCUT2D eigenvalue weighted by atomic mass is 10.2. The van der Waals surface area contributed by atoms with E-state index in [4.69, 9.17) is 0 Å². The van der Waals surface area contributed by atoms with Crippen LogP contribution in [-0.2, 0) is 21.1 Å². The number of carbonyl (C=O) groups excluding carboxylic acids is 1. The van der Waals surface area contributed by atoms with Crippen LogP contribution in [0.15, 0.2) is 53.4 Å². The number of benzene rings is 2. The number of amides is 1. The zero-order valence-electron chi connectivity index (χ0n) is 12.8. The zero-order chi connectivity index (χ0) is 16.4. The zero-order valence-corrected chi connectivity index (χ0v) is 13.6. The molecule has 0 atom stereocenters. The average molecular weight is 330 g/mol. The van der Waals surface area contributed by atoms with Crippen LogP contribution in [-0.4, -0.2) is 33.7 Å². The van der Waals surface area contributed by atoms with E-state index in [9.17, 15) is 13.2 Å². The van der Waals surface area contributed by atoms with E-state index in [1.54, 1.807) is 29.2 Å². The number of nitrogens with zero attached hydrogens (tertiary/aromatic N) is 1. The fourth-order valence-corrected chi connectivity index (χ4v) is 3.37. The molecule has 0 saturated heterocycles. The largest absolute Gasteiger partial charge is 0.376 e. The van der Waals surface area contributed by atoms with E-state index in [0.717, 1.165) is 12.1 Å². The molecular weight excluding hydrogens is 312 g/mol. The van der Waals surface area contributed by atoms with Crippen molar-refractivity contribution in [1.29, 1.82) is 0 Å².